The van der Waals surface area contributed by atoms with Crippen LogP contribution in [0.3, 0.4) is 0 Å². The molecule has 0 bridgehead atoms. The second-order valence-corrected chi connectivity index (χ2v) is 9.67. The maximum Gasteiger partial charge on any atom is 0.263 e. The van der Waals surface area contributed by atoms with Crippen molar-refractivity contribution in [1.29, 1.82) is 0 Å². The van der Waals surface area contributed by atoms with Gasteiger partial charge >= 0.3 is 0 Å². The zero-order valence-electron chi connectivity index (χ0n) is 19.0. The van der Waals surface area contributed by atoms with Crippen LogP contribution in [0.5, 0.6) is 17.2 Å². The first-order valence-electron chi connectivity index (χ1n) is 11.0. The number of thioether (sulfide) groups is 1. The summed E-state index contributed by atoms with van der Waals surface area (Å²) >= 11 is 12.7. The number of rotatable bonds is 11. The summed E-state index contributed by atoms with van der Waals surface area (Å²) in [4.78, 5) is 12.4. The van der Waals surface area contributed by atoms with Crippen molar-refractivity contribution in [2.24, 2.45) is 0 Å². The highest BCUT2D eigenvalue weighted by Gasteiger charge is 2.22. The maximum absolute atomic E-state index is 11.9. The fourth-order valence-electron chi connectivity index (χ4n) is 3.20. The molecule has 1 N–H and O–H groups in total. The third-order valence-corrected chi connectivity index (χ3v) is 6.58. The summed E-state index contributed by atoms with van der Waals surface area (Å²) in [6, 6.07) is 11.8. The van der Waals surface area contributed by atoms with E-state index in [1.54, 1.807) is 12.1 Å². The maximum atomic E-state index is 11.9. The number of ether oxygens (including phenoxy) is 3. The van der Waals surface area contributed by atoms with E-state index < -0.39 is 0 Å². The molecule has 0 saturated carbocycles. The molecule has 1 aliphatic rings. The van der Waals surface area contributed by atoms with Crippen molar-refractivity contribution in [2.75, 3.05) is 19.8 Å². The van der Waals surface area contributed by atoms with Crippen molar-refractivity contribution >= 4 is 51.9 Å². The molecule has 5 nitrogen and oxygen atoms in total. The normalized spacial score (nSPS) is 15.5. The Morgan fingerprint density at radius 2 is 1.85 bits per heavy atom. The molecular weight excluding hydrogens is 478 g/mol. The zero-order valence-corrected chi connectivity index (χ0v) is 21.4. The van der Waals surface area contributed by atoms with Crippen LogP contribution in [0, 0.1) is 0 Å². The summed E-state index contributed by atoms with van der Waals surface area (Å²) < 4.78 is 17.9. The summed E-state index contributed by atoms with van der Waals surface area (Å²) in [6.07, 6.45) is 3.54. The highest BCUT2D eigenvalue weighted by molar-refractivity contribution is 8.26. The molecule has 0 aliphatic carbocycles. The highest BCUT2D eigenvalue weighted by Crippen LogP contribution is 2.38. The van der Waals surface area contributed by atoms with E-state index in [1.807, 2.05) is 25.1 Å². The Morgan fingerprint density at radius 3 is 2.48 bits per heavy atom. The van der Waals surface area contributed by atoms with Gasteiger partial charge in [-0.05, 0) is 60.7 Å². The molecule has 8 heteroatoms. The van der Waals surface area contributed by atoms with Gasteiger partial charge in [-0.15, -0.1) is 0 Å². The van der Waals surface area contributed by atoms with Crippen molar-refractivity contribution in [3.63, 3.8) is 0 Å². The first-order chi connectivity index (χ1) is 15.9. The fraction of sp³-hybridized carbons (Fsp3) is 0.360. The van der Waals surface area contributed by atoms with Crippen LogP contribution in [0.15, 0.2) is 41.3 Å². The molecule has 1 amide bonds. The molecule has 2 aromatic rings. The Bertz CT molecular complexity index is 1020. The van der Waals surface area contributed by atoms with Crippen molar-refractivity contribution < 1.29 is 19.0 Å². The summed E-state index contributed by atoms with van der Waals surface area (Å²) in [5.41, 5.74) is 2.06. The van der Waals surface area contributed by atoms with Crippen LogP contribution in [0.1, 0.15) is 50.7 Å². The molecule has 1 heterocycles. The minimum Gasteiger partial charge on any atom is -0.493 e. The number of halogens is 1. The van der Waals surface area contributed by atoms with Gasteiger partial charge in [0, 0.05) is 6.42 Å². The lowest BCUT2D eigenvalue weighted by Crippen LogP contribution is -2.17. The molecule has 1 saturated heterocycles. The van der Waals surface area contributed by atoms with Gasteiger partial charge in [0.2, 0.25) is 0 Å². The van der Waals surface area contributed by atoms with E-state index in [-0.39, 0.29) is 5.91 Å². The number of benzene rings is 2. The van der Waals surface area contributed by atoms with E-state index in [9.17, 15) is 4.79 Å². The van der Waals surface area contributed by atoms with E-state index >= 15 is 0 Å². The predicted molar refractivity (Wildman–Crippen MR) is 140 cm³/mol. The SMILES string of the molecule is CCOc1cc(/C=C2/SC(=S)NC2=O)cc(Cl)c1OCCCOc1ccc([C@@H](C)CC)cc1. The van der Waals surface area contributed by atoms with Gasteiger partial charge in [-0.3, -0.25) is 4.79 Å². The van der Waals surface area contributed by atoms with Crippen LogP contribution in [-0.4, -0.2) is 30.0 Å². The monoisotopic (exact) mass is 505 g/mol. The predicted octanol–water partition coefficient (Wildman–Crippen LogP) is 6.59. The van der Waals surface area contributed by atoms with E-state index in [0.717, 1.165) is 17.7 Å². The third kappa shape index (κ3) is 7.13. The van der Waals surface area contributed by atoms with Crippen LogP contribution >= 0.6 is 35.6 Å². The molecule has 176 valence electrons. The lowest BCUT2D eigenvalue weighted by Gasteiger charge is -2.15. The minimum absolute atomic E-state index is 0.214. The van der Waals surface area contributed by atoms with Gasteiger partial charge in [-0.1, -0.05) is 61.6 Å². The number of carbonyl (C=O) groups is 1. The Balaban J connectivity index is 1.57. The molecule has 1 aliphatic heterocycles. The standard InChI is InChI=1S/C25H28ClNO4S2/c1-4-16(3)18-7-9-19(10-8-18)30-11-6-12-31-23-20(26)13-17(14-21(23)29-5-2)15-22-24(28)27-25(32)33-22/h7-10,13-16H,4-6,11-12H2,1-3H3,(H,27,28,32)/b22-15+/t16-/m0/s1. The molecule has 0 unspecified atom stereocenters. The molecule has 1 atom stereocenters. The minimum atomic E-state index is -0.214. The smallest absolute Gasteiger partial charge is 0.263 e. The molecule has 33 heavy (non-hydrogen) atoms. The van der Waals surface area contributed by atoms with Crippen LogP contribution in [-0.2, 0) is 4.79 Å². The first-order valence-corrected chi connectivity index (χ1v) is 12.6. The average Bonchev–Trinajstić information content (AvgIpc) is 3.11. The number of carbonyl (C=O) groups excluding carboxylic acids is 1. The summed E-state index contributed by atoms with van der Waals surface area (Å²) in [6.45, 7) is 7.71. The molecule has 1 fully saturated rings. The molecular formula is C25H28ClNO4S2. The number of amides is 1. The average molecular weight is 506 g/mol. The topological polar surface area (TPSA) is 56.8 Å². The van der Waals surface area contributed by atoms with Crippen molar-refractivity contribution in [3.8, 4) is 17.2 Å². The largest absolute Gasteiger partial charge is 0.493 e. The van der Waals surface area contributed by atoms with E-state index in [4.69, 9.17) is 38.0 Å². The van der Waals surface area contributed by atoms with Crippen LogP contribution in [0.25, 0.3) is 6.08 Å². The first kappa shape index (κ1) is 25.4. The molecule has 0 radical (unpaired) electrons. The van der Waals surface area contributed by atoms with Gasteiger partial charge in [-0.25, -0.2) is 0 Å². The molecule has 0 aromatic heterocycles. The van der Waals surface area contributed by atoms with E-state index in [2.05, 4.69) is 31.3 Å². The number of hydrogen-bond acceptors (Lipinski definition) is 6. The number of thiocarbonyl (C=S) groups is 1. The van der Waals surface area contributed by atoms with Gasteiger partial charge in [0.1, 0.15) is 10.1 Å². The molecule has 3 rings (SSSR count). The Labute approximate surface area is 209 Å². The highest BCUT2D eigenvalue weighted by atomic mass is 35.5. The van der Waals surface area contributed by atoms with Crippen molar-refractivity contribution in [2.45, 2.75) is 39.5 Å². The van der Waals surface area contributed by atoms with Crippen LogP contribution in [0.2, 0.25) is 5.02 Å². The van der Waals surface area contributed by atoms with Gasteiger partial charge in [-0.2, -0.15) is 0 Å². The molecule has 2 aromatic carbocycles. The zero-order chi connectivity index (χ0) is 23.8. The molecule has 0 spiro atoms. The second-order valence-electron chi connectivity index (χ2n) is 7.54. The van der Waals surface area contributed by atoms with Crippen LogP contribution < -0.4 is 19.5 Å². The van der Waals surface area contributed by atoms with Gasteiger partial charge in [0.15, 0.2) is 11.5 Å². The number of nitrogens with one attached hydrogen (secondary N) is 1. The quantitative estimate of drug-likeness (QED) is 0.211. The lowest BCUT2D eigenvalue weighted by atomic mass is 9.99. The van der Waals surface area contributed by atoms with E-state index in [1.165, 1.54) is 17.3 Å². The van der Waals surface area contributed by atoms with Crippen LogP contribution in [0.4, 0.5) is 0 Å². The Morgan fingerprint density at radius 1 is 1.12 bits per heavy atom. The Hall–Kier alpha value is -2.22. The lowest BCUT2D eigenvalue weighted by molar-refractivity contribution is -0.115. The van der Waals surface area contributed by atoms with Crippen molar-refractivity contribution in [1.82, 2.24) is 5.32 Å². The van der Waals surface area contributed by atoms with E-state index in [0.29, 0.717) is 57.9 Å². The van der Waals surface area contributed by atoms with Gasteiger partial charge in [0.05, 0.1) is 29.7 Å². The Kier molecular flexibility index (Phi) is 9.47. The fourth-order valence-corrected chi connectivity index (χ4v) is 4.52. The summed E-state index contributed by atoms with van der Waals surface area (Å²) in [7, 11) is 0. The summed E-state index contributed by atoms with van der Waals surface area (Å²) in [5.74, 6) is 2.20. The third-order valence-electron chi connectivity index (χ3n) is 5.14. The van der Waals surface area contributed by atoms with Gasteiger partial charge < -0.3 is 19.5 Å². The number of hydrogen-bond donors (Lipinski definition) is 1. The summed E-state index contributed by atoms with van der Waals surface area (Å²) in [5, 5.41) is 3.02. The second kappa shape index (κ2) is 12.3. The van der Waals surface area contributed by atoms with Crippen molar-refractivity contribution in [3.05, 3.63) is 57.5 Å². The van der Waals surface area contributed by atoms with Gasteiger partial charge in [0.25, 0.3) is 5.91 Å².